The summed E-state index contributed by atoms with van der Waals surface area (Å²) in [4.78, 5) is 24.8. The van der Waals surface area contributed by atoms with Gasteiger partial charge in [0.05, 0.1) is 0 Å². The summed E-state index contributed by atoms with van der Waals surface area (Å²) in [5, 5.41) is 5.69. The van der Waals surface area contributed by atoms with Crippen LogP contribution in [0.3, 0.4) is 0 Å². The van der Waals surface area contributed by atoms with E-state index in [9.17, 15) is 9.59 Å². The fourth-order valence-electron chi connectivity index (χ4n) is 3.06. The molecule has 1 atom stereocenters. The number of aryl methyl sites for hydroxylation is 1. The molecule has 0 aliphatic carbocycles. The monoisotopic (exact) mass is 416 g/mol. The highest BCUT2D eigenvalue weighted by molar-refractivity contribution is 6.04. The molecule has 5 nitrogen and oxygen atoms in total. The third kappa shape index (κ3) is 6.19. The Morgan fingerprint density at radius 2 is 1.42 bits per heavy atom. The maximum Gasteiger partial charge on any atom is 0.265 e. The zero-order valence-electron chi connectivity index (χ0n) is 18.3. The smallest absolute Gasteiger partial charge is 0.265 e. The van der Waals surface area contributed by atoms with Gasteiger partial charge in [0, 0.05) is 16.9 Å². The Morgan fingerprint density at radius 3 is 2.00 bits per heavy atom. The van der Waals surface area contributed by atoms with Crippen LogP contribution in [0.15, 0.2) is 72.8 Å². The van der Waals surface area contributed by atoms with Crippen LogP contribution >= 0.6 is 0 Å². The van der Waals surface area contributed by atoms with Gasteiger partial charge in [-0.3, -0.25) is 9.59 Å². The lowest BCUT2D eigenvalue weighted by Gasteiger charge is -2.16. The van der Waals surface area contributed by atoms with Gasteiger partial charge in [0.1, 0.15) is 5.75 Å². The van der Waals surface area contributed by atoms with Gasteiger partial charge in [-0.2, -0.15) is 0 Å². The van der Waals surface area contributed by atoms with E-state index in [4.69, 9.17) is 4.74 Å². The van der Waals surface area contributed by atoms with E-state index < -0.39 is 6.10 Å². The van der Waals surface area contributed by atoms with Crippen LogP contribution in [0.2, 0.25) is 0 Å². The number of carbonyl (C=O) groups excluding carboxylic acids is 2. The van der Waals surface area contributed by atoms with Gasteiger partial charge in [0.25, 0.3) is 11.8 Å². The van der Waals surface area contributed by atoms with Crippen LogP contribution in [0.4, 0.5) is 11.4 Å². The molecular formula is C26H28N2O3. The maximum atomic E-state index is 12.5. The first-order valence-electron chi connectivity index (χ1n) is 10.4. The first-order valence-corrected chi connectivity index (χ1v) is 10.4. The first-order chi connectivity index (χ1) is 14.8. The molecule has 3 aromatic rings. The predicted octanol–water partition coefficient (Wildman–Crippen LogP) is 5.78. The molecule has 3 aromatic carbocycles. The number of benzene rings is 3. The number of nitrogens with one attached hydrogen (secondary N) is 2. The van der Waals surface area contributed by atoms with Crippen molar-refractivity contribution in [2.45, 2.75) is 39.7 Å². The molecular weight excluding hydrogens is 388 g/mol. The minimum absolute atomic E-state index is 0.175. The van der Waals surface area contributed by atoms with Crippen molar-refractivity contribution in [3.63, 3.8) is 0 Å². The van der Waals surface area contributed by atoms with Crippen molar-refractivity contribution in [1.82, 2.24) is 0 Å². The summed E-state index contributed by atoms with van der Waals surface area (Å²) in [7, 11) is 0. The largest absolute Gasteiger partial charge is 0.481 e. The van der Waals surface area contributed by atoms with E-state index in [2.05, 4.69) is 24.5 Å². The van der Waals surface area contributed by atoms with Gasteiger partial charge in [0.2, 0.25) is 0 Å². The van der Waals surface area contributed by atoms with Crippen molar-refractivity contribution in [2.75, 3.05) is 10.6 Å². The second-order valence-corrected chi connectivity index (χ2v) is 7.87. The summed E-state index contributed by atoms with van der Waals surface area (Å²) in [6.45, 7) is 7.91. The van der Waals surface area contributed by atoms with E-state index in [1.807, 2.05) is 49.4 Å². The molecule has 31 heavy (non-hydrogen) atoms. The zero-order valence-corrected chi connectivity index (χ0v) is 18.3. The number of carbonyl (C=O) groups is 2. The Morgan fingerprint density at radius 1 is 0.806 bits per heavy atom. The number of ether oxygens (including phenoxy) is 1. The van der Waals surface area contributed by atoms with Crippen LogP contribution in [0.1, 0.15) is 48.2 Å². The maximum absolute atomic E-state index is 12.5. The molecule has 0 bridgehead atoms. The van der Waals surface area contributed by atoms with E-state index in [1.165, 1.54) is 5.56 Å². The molecule has 0 saturated heterocycles. The summed E-state index contributed by atoms with van der Waals surface area (Å²) >= 11 is 0. The summed E-state index contributed by atoms with van der Waals surface area (Å²) in [5.74, 6) is 0.677. The predicted molar refractivity (Wildman–Crippen MR) is 125 cm³/mol. The number of hydrogen-bond acceptors (Lipinski definition) is 3. The van der Waals surface area contributed by atoms with Crippen LogP contribution in [0, 0.1) is 6.92 Å². The fraction of sp³-hybridized carbons (Fsp3) is 0.231. The molecule has 0 spiro atoms. The van der Waals surface area contributed by atoms with Crippen molar-refractivity contribution in [1.29, 1.82) is 0 Å². The number of anilines is 2. The lowest BCUT2D eigenvalue weighted by molar-refractivity contribution is -0.122. The molecule has 2 N–H and O–H groups in total. The Hall–Kier alpha value is -3.60. The molecule has 5 heteroatoms. The molecule has 0 aromatic heterocycles. The van der Waals surface area contributed by atoms with E-state index >= 15 is 0 Å². The molecule has 0 fully saturated rings. The number of rotatable bonds is 7. The molecule has 160 valence electrons. The minimum atomic E-state index is -0.648. The van der Waals surface area contributed by atoms with E-state index in [1.54, 1.807) is 37.3 Å². The highest BCUT2D eigenvalue weighted by Crippen LogP contribution is 2.20. The SMILES string of the molecule is Cc1cccc(C(=O)Nc2ccc(NC(=O)[C@@H](C)Oc3ccc(C(C)C)cc3)cc2)c1. The minimum Gasteiger partial charge on any atom is -0.481 e. The van der Waals surface area contributed by atoms with E-state index in [0.29, 0.717) is 28.6 Å². The van der Waals surface area contributed by atoms with Crippen molar-refractivity contribution in [3.8, 4) is 5.75 Å². The summed E-state index contributed by atoms with van der Waals surface area (Å²) in [5.41, 5.74) is 4.13. The molecule has 0 heterocycles. The summed E-state index contributed by atoms with van der Waals surface area (Å²) in [6, 6.07) is 22.2. The van der Waals surface area contributed by atoms with Gasteiger partial charge in [0.15, 0.2) is 6.10 Å². The van der Waals surface area contributed by atoms with Crippen LogP contribution < -0.4 is 15.4 Å². The standard InChI is InChI=1S/C26H28N2O3/c1-17(2)20-8-14-24(15-9-20)31-19(4)25(29)27-22-10-12-23(13-11-22)28-26(30)21-7-5-6-18(3)16-21/h5-17,19H,1-4H3,(H,27,29)(H,28,30)/t19-/m1/s1. The van der Waals surface area contributed by atoms with Gasteiger partial charge in [-0.15, -0.1) is 0 Å². The number of hydrogen-bond donors (Lipinski definition) is 2. The molecule has 2 amide bonds. The summed E-state index contributed by atoms with van der Waals surface area (Å²) in [6.07, 6.45) is -0.648. The lowest BCUT2D eigenvalue weighted by Crippen LogP contribution is -2.30. The Kier molecular flexibility index (Phi) is 7.08. The third-order valence-corrected chi connectivity index (χ3v) is 4.92. The van der Waals surface area contributed by atoms with Crippen molar-refractivity contribution in [2.24, 2.45) is 0 Å². The molecule has 0 aliphatic rings. The molecule has 0 aliphatic heterocycles. The van der Waals surface area contributed by atoms with Crippen molar-refractivity contribution < 1.29 is 14.3 Å². The molecule has 3 rings (SSSR count). The average molecular weight is 417 g/mol. The van der Waals surface area contributed by atoms with Crippen LogP contribution in [-0.4, -0.2) is 17.9 Å². The van der Waals surface area contributed by atoms with Gasteiger partial charge < -0.3 is 15.4 Å². The second-order valence-electron chi connectivity index (χ2n) is 7.87. The van der Waals surface area contributed by atoms with E-state index in [-0.39, 0.29) is 11.8 Å². The van der Waals surface area contributed by atoms with Crippen molar-refractivity contribution >= 4 is 23.2 Å². The van der Waals surface area contributed by atoms with Crippen LogP contribution in [0.5, 0.6) is 5.75 Å². The number of amides is 2. The highest BCUT2D eigenvalue weighted by Gasteiger charge is 2.15. The van der Waals surface area contributed by atoms with Crippen LogP contribution in [-0.2, 0) is 4.79 Å². The molecule has 0 saturated carbocycles. The van der Waals surface area contributed by atoms with Crippen molar-refractivity contribution in [3.05, 3.63) is 89.5 Å². The lowest BCUT2D eigenvalue weighted by atomic mass is 10.0. The normalized spacial score (nSPS) is 11.6. The van der Waals surface area contributed by atoms with E-state index in [0.717, 1.165) is 5.56 Å². The Balaban J connectivity index is 1.54. The zero-order chi connectivity index (χ0) is 22.4. The fourth-order valence-corrected chi connectivity index (χ4v) is 3.06. The Bertz CT molecular complexity index is 1040. The first kappa shape index (κ1) is 22.1. The molecule has 0 radical (unpaired) electrons. The quantitative estimate of drug-likeness (QED) is 0.513. The molecule has 0 unspecified atom stereocenters. The summed E-state index contributed by atoms with van der Waals surface area (Å²) < 4.78 is 5.75. The van der Waals surface area contributed by atoms with Gasteiger partial charge in [-0.05, 0) is 73.9 Å². The topological polar surface area (TPSA) is 67.4 Å². The highest BCUT2D eigenvalue weighted by atomic mass is 16.5. The average Bonchev–Trinajstić information content (AvgIpc) is 2.75. The van der Waals surface area contributed by atoms with Gasteiger partial charge >= 0.3 is 0 Å². The van der Waals surface area contributed by atoms with Crippen LogP contribution in [0.25, 0.3) is 0 Å². The van der Waals surface area contributed by atoms with Gasteiger partial charge in [-0.25, -0.2) is 0 Å². The Labute approximate surface area is 183 Å². The third-order valence-electron chi connectivity index (χ3n) is 4.92. The van der Waals surface area contributed by atoms with Gasteiger partial charge in [-0.1, -0.05) is 43.7 Å². The second kappa shape index (κ2) is 9.94.